The van der Waals surface area contributed by atoms with Gasteiger partial charge in [-0.15, -0.1) is 0 Å². The van der Waals surface area contributed by atoms with Crippen LogP contribution in [0.1, 0.15) is 58.8 Å². The average Bonchev–Trinajstić information content (AvgIpc) is 3.29. The lowest BCUT2D eigenvalue weighted by atomic mass is 9.48. The van der Waals surface area contributed by atoms with E-state index in [1.54, 1.807) is 11.3 Å². The number of para-hydroxylation sites is 1. The first-order valence-electron chi connectivity index (χ1n) is 11.7. The van der Waals surface area contributed by atoms with Crippen molar-refractivity contribution in [3.8, 4) is 0 Å². The smallest absolute Gasteiger partial charge is 0.0577 e. The number of rotatable bonds is 1. The molecule has 4 aliphatic rings. The summed E-state index contributed by atoms with van der Waals surface area (Å²) in [6, 6.07) is 11.1. The van der Waals surface area contributed by atoms with Gasteiger partial charge in [-0.2, -0.15) is 0 Å². The quantitative estimate of drug-likeness (QED) is 0.562. The summed E-state index contributed by atoms with van der Waals surface area (Å²) in [5.41, 5.74) is 5.07. The van der Waals surface area contributed by atoms with E-state index in [2.05, 4.69) is 67.1 Å². The molecule has 152 valence electrons. The largest absolute Gasteiger partial charge is 0.393 e. The molecule has 1 N–H and O–H groups in total. The molecule has 1 aromatic carbocycles. The summed E-state index contributed by atoms with van der Waals surface area (Å²) in [4.78, 5) is 0. The fourth-order valence-corrected chi connectivity index (χ4v) is 7.85. The van der Waals surface area contributed by atoms with Crippen LogP contribution >= 0.6 is 0 Å². The number of hydrogen-bond donors (Lipinski definition) is 1. The maximum Gasteiger partial charge on any atom is 0.0577 e. The van der Waals surface area contributed by atoms with Gasteiger partial charge < -0.3 is 9.67 Å². The van der Waals surface area contributed by atoms with Crippen LogP contribution in [0, 0.1) is 28.6 Å². The van der Waals surface area contributed by atoms with Crippen LogP contribution in [-0.4, -0.2) is 15.8 Å². The fourth-order valence-electron chi connectivity index (χ4n) is 7.85. The van der Waals surface area contributed by atoms with Crippen molar-refractivity contribution < 1.29 is 5.11 Å². The minimum absolute atomic E-state index is 0.110. The van der Waals surface area contributed by atoms with Crippen molar-refractivity contribution >= 4 is 16.6 Å². The monoisotopic (exact) mass is 387 g/mol. The van der Waals surface area contributed by atoms with E-state index in [1.165, 1.54) is 43.0 Å². The van der Waals surface area contributed by atoms with Gasteiger partial charge in [-0.3, -0.25) is 0 Å². The maximum atomic E-state index is 10.2. The van der Waals surface area contributed by atoms with E-state index in [9.17, 15) is 5.11 Å². The molecule has 2 saturated carbocycles. The van der Waals surface area contributed by atoms with E-state index in [-0.39, 0.29) is 11.5 Å². The molecule has 1 aromatic heterocycles. The summed E-state index contributed by atoms with van der Waals surface area (Å²) in [6.07, 6.45) is 15.4. The highest BCUT2D eigenvalue weighted by Gasteiger charge is 2.57. The summed E-state index contributed by atoms with van der Waals surface area (Å²) in [5.74, 6) is 2.33. The molecule has 0 bridgehead atoms. The number of aromatic nitrogens is 1. The number of benzene rings is 1. The molecule has 2 fully saturated rings. The molecular weight excluding hydrogens is 354 g/mol. The number of allylic oxidation sites excluding steroid dienone is 3. The molecule has 2 aromatic rings. The van der Waals surface area contributed by atoms with Crippen molar-refractivity contribution in [3.05, 3.63) is 54.3 Å². The first-order chi connectivity index (χ1) is 14.0. The van der Waals surface area contributed by atoms with Gasteiger partial charge in [0.1, 0.15) is 0 Å². The van der Waals surface area contributed by atoms with Crippen molar-refractivity contribution in [3.63, 3.8) is 0 Å². The molecule has 0 aliphatic heterocycles. The molecule has 2 nitrogen and oxygen atoms in total. The van der Waals surface area contributed by atoms with Crippen LogP contribution in [0.5, 0.6) is 0 Å². The van der Waals surface area contributed by atoms with Crippen molar-refractivity contribution in [1.82, 2.24) is 4.57 Å². The average molecular weight is 388 g/mol. The number of fused-ring (bicyclic) bond motifs is 6. The van der Waals surface area contributed by atoms with Gasteiger partial charge in [-0.05, 0) is 85.6 Å². The Morgan fingerprint density at radius 1 is 0.931 bits per heavy atom. The zero-order valence-corrected chi connectivity index (χ0v) is 17.8. The van der Waals surface area contributed by atoms with Gasteiger partial charge in [0, 0.05) is 17.3 Å². The summed E-state index contributed by atoms with van der Waals surface area (Å²) in [6.45, 7) is 5.07. The van der Waals surface area contributed by atoms with E-state index in [0.29, 0.717) is 5.41 Å². The molecular formula is C27H33NO. The first kappa shape index (κ1) is 18.0. The Kier molecular flexibility index (Phi) is 3.79. The lowest BCUT2D eigenvalue weighted by molar-refractivity contribution is -0.0248. The standard InChI is InChI=1S/C27H33NO/c1-26-14-11-20(29)17-19(26)7-8-21-22-9-10-25(27(22,2)15-12-23(21)26)28-16-13-18-5-3-4-6-24(18)28/h3-7,10,13,16,20-23,29H,8-9,11-12,14-15,17H2,1-2H3/t20-,21-,22-,23-,26-,27-/m0/s1. The second kappa shape index (κ2) is 6.11. The lowest BCUT2D eigenvalue weighted by Crippen LogP contribution is -2.50. The van der Waals surface area contributed by atoms with E-state index in [4.69, 9.17) is 0 Å². The molecule has 0 spiro atoms. The number of aliphatic hydroxyl groups is 1. The van der Waals surface area contributed by atoms with Gasteiger partial charge in [0.15, 0.2) is 0 Å². The Morgan fingerprint density at radius 3 is 2.66 bits per heavy atom. The SMILES string of the molecule is C[C@]12CC[C@H](O)CC1=CC[C@@H]1[C@@H]2CC[C@]2(C)C(n3ccc4ccccc43)=CC[C@@H]12. The second-order valence-electron chi connectivity index (χ2n) is 10.7. The van der Waals surface area contributed by atoms with Gasteiger partial charge in [0.05, 0.1) is 11.6 Å². The molecule has 4 aliphatic carbocycles. The summed E-state index contributed by atoms with van der Waals surface area (Å²) < 4.78 is 2.48. The van der Waals surface area contributed by atoms with Crippen LogP contribution in [0.15, 0.2) is 54.3 Å². The molecule has 6 atom stereocenters. The van der Waals surface area contributed by atoms with Crippen molar-refractivity contribution in [1.29, 1.82) is 0 Å². The topological polar surface area (TPSA) is 25.2 Å². The fraction of sp³-hybridized carbons (Fsp3) is 0.556. The molecule has 0 saturated heterocycles. The lowest BCUT2D eigenvalue weighted by Gasteiger charge is -2.57. The third-order valence-electron chi connectivity index (χ3n) is 9.48. The third kappa shape index (κ3) is 2.39. The molecule has 1 heterocycles. The van der Waals surface area contributed by atoms with E-state index in [1.807, 2.05) is 0 Å². The van der Waals surface area contributed by atoms with Crippen LogP contribution in [0.3, 0.4) is 0 Å². The second-order valence-corrected chi connectivity index (χ2v) is 10.7. The van der Waals surface area contributed by atoms with Crippen molar-refractivity contribution in [2.24, 2.45) is 28.6 Å². The van der Waals surface area contributed by atoms with E-state index >= 15 is 0 Å². The summed E-state index contributed by atoms with van der Waals surface area (Å²) in [5, 5.41) is 11.6. The Morgan fingerprint density at radius 2 is 1.76 bits per heavy atom. The number of nitrogens with zero attached hydrogens (tertiary/aromatic N) is 1. The maximum absolute atomic E-state index is 10.2. The van der Waals surface area contributed by atoms with Gasteiger partial charge >= 0.3 is 0 Å². The first-order valence-corrected chi connectivity index (χ1v) is 11.7. The van der Waals surface area contributed by atoms with Crippen LogP contribution in [0.4, 0.5) is 0 Å². The molecule has 29 heavy (non-hydrogen) atoms. The van der Waals surface area contributed by atoms with E-state index in [0.717, 1.165) is 30.6 Å². The highest BCUT2D eigenvalue weighted by molar-refractivity contribution is 5.84. The molecule has 0 unspecified atom stereocenters. The van der Waals surface area contributed by atoms with Crippen LogP contribution in [0.2, 0.25) is 0 Å². The molecule has 2 heteroatoms. The predicted molar refractivity (Wildman–Crippen MR) is 119 cm³/mol. The zero-order valence-electron chi connectivity index (χ0n) is 17.8. The minimum Gasteiger partial charge on any atom is -0.393 e. The molecule has 0 amide bonds. The highest BCUT2D eigenvalue weighted by Crippen LogP contribution is 2.65. The normalized spacial score (nSPS) is 41.3. The van der Waals surface area contributed by atoms with Crippen LogP contribution < -0.4 is 0 Å². The van der Waals surface area contributed by atoms with Gasteiger partial charge in [-0.25, -0.2) is 0 Å². The molecule has 0 radical (unpaired) electrons. The zero-order chi connectivity index (χ0) is 19.8. The Hall–Kier alpha value is -1.80. The van der Waals surface area contributed by atoms with Crippen molar-refractivity contribution in [2.45, 2.75) is 64.9 Å². The van der Waals surface area contributed by atoms with Crippen LogP contribution in [0.25, 0.3) is 16.6 Å². The predicted octanol–water partition coefficient (Wildman–Crippen LogP) is 6.42. The van der Waals surface area contributed by atoms with Crippen molar-refractivity contribution in [2.75, 3.05) is 0 Å². The van der Waals surface area contributed by atoms with Gasteiger partial charge in [0.2, 0.25) is 0 Å². The highest BCUT2D eigenvalue weighted by atomic mass is 16.3. The Bertz CT molecular complexity index is 1030. The summed E-state index contributed by atoms with van der Waals surface area (Å²) >= 11 is 0. The minimum atomic E-state index is -0.110. The van der Waals surface area contributed by atoms with E-state index < -0.39 is 0 Å². The Labute approximate surface area is 174 Å². The molecule has 6 rings (SSSR count). The third-order valence-corrected chi connectivity index (χ3v) is 9.48. The van der Waals surface area contributed by atoms with Gasteiger partial charge in [0.25, 0.3) is 0 Å². The number of hydrogen-bond acceptors (Lipinski definition) is 1. The van der Waals surface area contributed by atoms with Gasteiger partial charge in [-0.1, -0.05) is 49.8 Å². The summed E-state index contributed by atoms with van der Waals surface area (Å²) in [7, 11) is 0. The van der Waals surface area contributed by atoms with Crippen LogP contribution in [-0.2, 0) is 0 Å². The Balaban J connectivity index is 1.36. The number of aliphatic hydroxyl groups excluding tert-OH is 1.